The topological polar surface area (TPSA) is 113 Å². The van der Waals surface area contributed by atoms with Gasteiger partial charge >= 0.3 is 5.97 Å². The normalized spacial score (nSPS) is 17.1. The Bertz CT molecular complexity index is 1110. The number of hydrogen-bond donors (Lipinski definition) is 2. The molecule has 1 aliphatic rings. The Morgan fingerprint density at radius 3 is 2.26 bits per heavy atom. The molecule has 34 heavy (non-hydrogen) atoms. The van der Waals surface area contributed by atoms with Gasteiger partial charge < -0.3 is 24.6 Å². The number of benzene rings is 2. The van der Waals surface area contributed by atoms with Crippen molar-refractivity contribution in [3.05, 3.63) is 65.0 Å². The van der Waals surface area contributed by atoms with Crippen molar-refractivity contribution in [1.82, 2.24) is 4.90 Å². The van der Waals surface area contributed by atoms with Crippen LogP contribution in [0.3, 0.4) is 0 Å². The van der Waals surface area contributed by atoms with E-state index in [0.29, 0.717) is 36.3 Å². The molecule has 1 saturated heterocycles. The molecule has 0 radical (unpaired) electrons. The van der Waals surface area contributed by atoms with Crippen molar-refractivity contribution in [2.45, 2.75) is 31.7 Å². The molecular weight excluding hydrogens is 445 g/mol. The zero-order valence-electron chi connectivity index (χ0n) is 18.9. The molecule has 0 aliphatic carbocycles. The first kappa shape index (κ1) is 24.8. The number of carbonyl (C=O) groups is 3. The first-order chi connectivity index (χ1) is 16.3. The fourth-order valence-electron chi connectivity index (χ4n) is 3.98. The number of unbranched alkanes of at least 4 members (excludes halogenated alkanes) is 2. The van der Waals surface area contributed by atoms with E-state index in [4.69, 9.17) is 14.6 Å². The molecule has 1 aliphatic heterocycles. The van der Waals surface area contributed by atoms with Crippen LogP contribution in [0.15, 0.2) is 48.0 Å². The molecule has 0 spiro atoms. The van der Waals surface area contributed by atoms with E-state index in [-0.39, 0.29) is 24.1 Å². The van der Waals surface area contributed by atoms with Gasteiger partial charge in [0, 0.05) is 18.5 Å². The summed E-state index contributed by atoms with van der Waals surface area (Å²) in [5, 5.41) is 19.8. The Morgan fingerprint density at radius 1 is 0.971 bits per heavy atom. The van der Waals surface area contributed by atoms with Gasteiger partial charge in [0.25, 0.3) is 11.7 Å². The van der Waals surface area contributed by atoms with Crippen molar-refractivity contribution in [3.8, 4) is 11.5 Å². The number of likely N-dealkylation sites (tertiary alicyclic amines) is 1. The summed E-state index contributed by atoms with van der Waals surface area (Å²) in [5.74, 6) is -2.61. The number of Topliss-reactive ketones (excluding diaryl/α,β-unsaturated/α-hetero) is 1. The fraction of sp³-hybridized carbons (Fsp3) is 0.320. The maximum Gasteiger partial charge on any atom is 0.303 e. The lowest BCUT2D eigenvalue weighted by atomic mass is 9.95. The number of ether oxygens (including phenoxy) is 2. The summed E-state index contributed by atoms with van der Waals surface area (Å²) in [5.41, 5.74) is 0.603. The fourth-order valence-corrected chi connectivity index (χ4v) is 3.98. The number of carboxylic acids is 1. The number of carboxylic acid groups (broad SMARTS) is 1. The summed E-state index contributed by atoms with van der Waals surface area (Å²) in [4.78, 5) is 38.1. The summed E-state index contributed by atoms with van der Waals surface area (Å²) in [6, 6.07) is 8.99. The van der Waals surface area contributed by atoms with Crippen molar-refractivity contribution in [3.63, 3.8) is 0 Å². The number of aliphatic hydroxyl groups is 1. The minimum Gasteiger partial charge on any atom is -0.507 e. The highest BCUT2D eigenvalue weighted by molar-refractivity contribution is 6.46. The predicted molar refractivity (Wildman–Crippen MR) is 121 cm³/mol. The maximum absolute atomic E-state index is 13.4. The standard InChI is InChI=1S/C25H26FNO7/c1-33-18-12-9-16(14-19(18)34-2)22-21(23(30)15-7-10-17(26)11-8-15)24(31)25(32)27(22)13-5-3-4-6-20(28)29/h7-12,14,22,30H,3-6,13H2,1-2H3,(H,28,29)/b23-21+. The average Bonchev–Trinajstić information content (AvgIpc) is 3.08. The van der Waals surface area contributed by atoms with Crippen LogP contribution in [0.4, 0.5) is 4.39 Å². The van der Waals surface area contributed by atoms with Gasteiger partial charge in [-0.05, 0) is 54.8 Å². The van der Waals surface area contributed by atoms with Gasteiger partial charge in [0.1, 0.15) is 11.6 Å². The third-order valence-electron chi connectivity index (χ3n) is 5.67. The predicted octanol–water partition coefficient (Wildman–Crippen LogP) is 3.91. The molecule has 8 nitrogen and oxygen atoms in total. The Morgan fingerprint density at radius 2 is 1.65 bits per heavy atom. The third-order valence-corrected chi connectivity index (χ3v) is 5.67. The number of aliphatic carboxylic acids is 1. The number of carbonyl (C=O) groups excluding carboxylic acids is 2. The van der Waals surface area contributed by atoms with Gasteiger partial charge in [0.2, 0.25) is 0 Å². The molecular formula is C25H26FNO7. The number of nitrogens with zero attached hydrogens (tertiary/aromatic N) is 1. The van der Waals surface area contributed by atoms with Crippen LogP contribution in [-0.4, -0.2) is 53.5 Å². The van der Waals surface area contributed by atoms with Gasteiger partial charge in [-0.2, -0.15) is 0 Å². The molecule has 1 atom stereocenters. The van der Waals surface area contributed by atoms with E-state index < -0.39 is 35.3 Å². The number of rotatable bonds is 10. The second-order valence-electron chi connectivity index (χ2n) is 7.82. The van der Waals surface area contributed by atoms with Gasteiger partial charge in [-0.15, -0.1) is 0 Å². The minimum atomic E-state index is -0.913. The van der Waals surface area contributed by atoms with E-state index in [1.165, 1.54) is 31.3 Å². The molecule has 0 saturated carbocycles. The zero-order chi connectivity index (χ0) is 24.8. The molecule has 1 fully saturated rings. The lowest BCUT2D eigenvalue weighted by Crippen LogP contribution is -2.30. The quantitative estimate of drug-likeness (QED) is 0.234. The van der Waals surface area contributed by atoms with E-state index in [1.807, 2.05) is 0 Å². The third kappa shape index (κ3) is 5.19. The molecule has 180 valence electrons. The molecule has 1 unspecified atom stereocenters. The average molecular weight is 471 g/mol. The number of halogens is 1. The van der Waals surface area contributed by atoms with Crippen LogP contribution >= 0.6 is 0 Å². The van der Waals surface area contributed by atoms with Crippen LogP contribution in [0.2, 0.25) is 0 Å². The number of hydrogen-bond acceptors (Lipinski definition) is 6. The molecule has 2 aromatic carbocycles. The first-order valence-corrected chi connectivity index (χ1v) is 10.8. The Kier molecular flexibility index (Phi) is 7.88. The molecule has 0 aromatic heterocycles. The zero-order valence-corrected chi connectivity index (χ0v) is 18.9. The summed E-state index contributed by atoms with van der Waals surface area (Å²) in [7, 11) is 2.94. The molecule has 1 heterocycles. The van der Waals surface area contributed by atoms with E-state index in [0.717, 1.165) is 12.1 Å². The highest BCUT2D eigenvalue weighted by atomic mass is 19.1. The van der Waals surface area contributed by atoms with Crippen molar-refractivity contribution in [1.29, 1.82) is 0 Å². The van der Waals surface area contributed by atoms with Crippen LogP contribution in [0.25, 0.3) is 5.76 Å². The second-order valence-corrected chi connectivity index (χ2v) is 7.82. The summed E-state index contributed by atoms with van der Waals surface area (Å²) in [6.45, 7) is 0.184. The maximum atomic E-state index is 13.4. The smallest absolute Gasteiger partial charge is 0.303 e. The van der Waals surface area contributed by atoms with Crippen LogP contribution in [-0.2, 0) is 14.4 Å². The Labute approximate surface area is 196 Å². The van der Waals surface area contributed by atoms with Gasteiger partial charge in [-0.1, -0.05) is 12.5 Å². The number of amides is 1. The minimum absolute atomic E-state index is 0.0164. The number of aliphatic hydroxyl groups excluding tert-OH is 1. The summed E-state index contributed by atoms with van der Waals surface area (Å²) >= 11 is 0. The van der Waals surface area contributed by atoms with Crippen molar-refractivity contribution >= 4 is 23.4 Å². The molecule has 2 N–H and O–H groups in total. The molecule has 2 aromatic rings. The van der Waals surface area contributed by atoms with Crippen molar-refractivity contribution < 1.29 is 38.5 Å². The number of methoxy groups -OCH3 is 2. The molecule has 9 heteroatoms. The van der Waals surface area contributed by atoms with E-state index in [2.05, 4.69) is 0 Å². The molecule has 0 bridgehead atoms. The second kappa shape index (κ2) is 10.8. The largest absolute Gasteiger partial charge is 0.507 e. The van der Waals surface area contributed by atoms with Gasteiger partial charge in [-0.25, -0.2) is 4.39 Å². The van der Waals surface area contributed by atoms with Gasteiger partial charge in [0.15, 0.2) is 11.5 Å². The van der Waals surface area contributed by atoms with E-state index in [1.54, 1.807) is 18.2 Å². The van der Waals surface area contributed by atoms with Crippen LogP contribution in [0, 0.1) is 5.82 Å². The van der Waals surface area contributed by atoms with Crippen LogP contribution < -0.4 is 9.47 Å². The van der Waals surface area contributed by atoms with E-state index in [9.17, 15) is 23.9 Å². The highest BCUT2D eigenvalue weighted by Gasteiger charge is 2.46. The Hall–Kier alpha value is -3.88. The van der Waals surface area contributed by atoms with E-state index >= 15 is 0 Å². The summed E-state index contributed by atoms with van der Waals surface area (Å²) < 4.78 is 24.0. The van der Waals surface area contributed by atoms with Crippen LogP contribution in [0.1, 0.15) is 42.9 Å². The van der Waals surface area contributed by atoms with Crippen LogP contribution in [0.5, 0.6) is 11.5 Å². The SMILES string of the molecule is COc1ccc(C2/C(=C(\O)c3ccc(F)cc3)C(=O)C(=O)N2CCCCCC(=O)O)cc1OC. The first-order valence-electron chi connectivity index (χ1n) is 10.8. The monoisotopic (exact) mass is 471 g/mol. The lowest BCUT2D eigenvalue weighted by Gasteiger charge is -2.26. The van der Waals surface area contributed by atoms with Crippen molar-refractivity contribution in [2.24, 2.45) is 0 Å². The number of ketones is 1. The summed E-state index contributed by atoms with van der Waals surface area (Å²) in [6.07, 6.45) is 1.48. The lowest BCUT2D eigenvalue weighted by molar-refractivity contribution is -0.140. The van der Waals surface area contributed by atoms with Gasteiger partial charge in [0.05, 0.1) is 25.8 Å². The highest BCUT2D eigenvalue weighted by Crippen LogP contribution is 2.42. The molecule has 1 amide bonds. The molecule has 3 rings (SSSR count). The van der Waals surface area contributed by atoms with Gasteiger partial charge in [-0.3, -0.25) is 14.4 Å². The Balaban J connectivity index is 2.04. The van der Waals surface area contributed by atoms with Crippen molar-refractivity contribution in [2.75, 3.05) is 20.8 Å².